The number of furan rings is 1. The molecule has 0 fully saturated rings. The van der Waals surface area contributed by atoms with Gasteiger partial charge >= 0.3 is 12.1 Å². The number of pyridine rings is 1. The highest BCUT2D eigenvalue weighted by Crippen LogP contribution is 2.28. The summed E-state index contributed by atoms with van der Waals surface area (Å²) in [5.41, 5.74) is 2.15. The normalized spacial score (nSPS) is 11.0. The first kappa shape index (κ1) is 23.5. The first-order valence-electron chi connectivity index (χ1n) is 9.55. The van der Waals surface area contributed by atoms with Crippen LogP contribution in [0.25, 0.3) is 22.5 Å². The number of amides is 1. The third kappa shape index (κ3) is 6.19. The summed E-state index contributed by atoms with van der Waals surface area (Å²) in [6, 6.07) is 15.0. The smallest absolute Gasteiger partial charge is 0.475 e. The number of carboxylic acid groups (broad SMARTS) is 1. The molecular formula is C22H18F3N3O5. The maximum atomic E-state index is 12.5. The molecule has 0 saturated carbocycles. The zero-order chi connectivity index (χ0) is 24.0. The summed E-state index contributed by atoms with van der Waals surface area (Å²) in [6.45, 7) is 0.579. The molecule has 4 aromatic rings. The van der Waals surface area contributed by atoms with E-state index in [1.54, 1.807) is 30.4 Å². The van der Waals surface area contributed by atoms with Crippen molar-refractivity contribution in [1.29, 1.82) is 0 Å². The molecule has 0 unspecified atom stereocenters. The lowest BCUT2D eigenvalue weighted by Gasteiger charge is -2.15. The Hall–Kier alpha value is -4.15. The number of fused-ring (bicyclic) bond motifs is 1. The average molecular weight is 461 g/mol. The Bertz CT molecular complexity index is 1200. The van der Waals surface area contributed by atoms with Crippen molar-refractivity contribution in [2.45, 2.75) is 12.6 Å². The topological polar surface area (TPSA) is 110 Å². The van der Waals surface area contributed by atoms with Crippen LogP contribution in [0.4, 0.5) is 13.2 Å². The zero-order valence-electron chi connectivity index (χ0n) is 17.2. The molecule has 1 amide bonds. The fraction of sp³-hybridized carbons (Fsp3) is 0.182. The number of aromatic nitrogens is 2. The van der Waals surface area contributed by atoms with E-state index in [1.807, 2.05) is 42.5 Å². The summed E-state index contributed by atoms with van der Waals surface area (Å²) in [5.74, 6) is -1.96. The second kappa shape index (κ2) is 9.98. The predicted octanol–water partition coefficient (Wildman–Crippen LogP) is 4.43. The molecule has 4 rings (SSSR count). The molecule has 0 aliphatic carbocycles. The molecule has 1 N–H and O–H groups in total. The minimum absolute atomic E-state index is 0.190. The molecule has 0 bridgehead atoms. The van der Waals surface area contributed by atoms with Gasteiger partial charge in [-0.1, -0.05) is 23.4 Å². The highest BCUT2D eigenvalue weighted by Gasteiger charge is 2.38. The van der Waals surface area contributed by atoms with Crippen molar-refractivity contribution in [2.75, 3.05) is 13.6 Å². The molecule has 0 atom stereocenters. The standard InChI is InChI=1S/C20H17N3O3.C2HF3O2/c1-23(11-8-14-6-9-21-10-7-14)20(24)16-13-19(26-22-16)18-12-15-4-2-3-5-17(15)25-18;3-2(4,5)1(6)7/h2-7,9-10,12-13H,8,11H2,1H3;(H,6,7). The molecule has 1 aromatic carbocycles. The number of benzene rings is 1. The Morgan fingerprint density at radius 3 is 2.36 bits per heavy atom. The lowest BCUT2D eigenvalue weighted by molar-refractivity contribution is -0.192. The van der Waals surface area contributed by atoms with Gasteiger partial charge in [0.2, 0.25) is 5.76 Å². The molecule has 0 radical (unpaired) electrons. The summed E-state index contributed by atoms with van der Waals surface area (Å²) in [7, 11) is 1.75. The fourth-order valence-corrected chi connectivity index (χ4v) is 2.74. The molecule has 0 saturated heterocycles. The van der Waals surface area contributed by atoms with Crippen molar-refractivity contribution in [2.24, 2.45) is 0 Å². The van der Waals surface area contributed by atoms with Crippen molar-refractivity contribution >= 4 is 22.8 Å². The largest absolute Gasteiger partial charge is 0.490 e. The fourth-order valence-electron chi connectivity index (χ4n) is 2.74. The van der Waals surface area contributed by atoms with E-state index in [9.17, 15) is 18.0 Å². The Labute approximate surface area is 185 Å². The average Bonchev–Trinajstić information content (AvgIpc) is 3.44. The first-order chi connectivity index (χ1) is 15.6. The van der Waals surface area contributed by atoms with E-state index in [4.69, 9.17) is 18.8 Å². The van der Waals surface area contributed by atoms with E-state index in [1.165, 1.54) is 0 Å². The SMILES string of the molecule is CN(CCc1ccncc1)C(=O)c1cc(-c2cc3ccccc3o2)on1.O=C(O)C(F)(F)F. The van der Waals surface area contributed by atoms with Crippen LogP contribution in [0, 0.1) is 0 Å². The number of carboxylic acids is 1. The van der Waals surface area contributed by atoms with Crippen molar-refractivity contribution in [3.63, 3.8) is 0 Å². The van der Waals surface area contributed by atoms with E-state index in [0.717, 1.165) is 23.0 Å². The maximum absolute atomic E-state index is 12.5. The van der Waals surface area contributed by atoms with E-state index in [0.29, 0.717) is 18.1 Å². The minimum Gasteiger partial charge on any atom is -0.475 e. The van der Waals surface area contributed by atoms with Gasteiger partial charge in [-0.2, -0.15) is 13.2 Å². The zero-order valence-corrected chi connectivity index (χ0v) is 17.2. The molecule has 8 nitrogen and oxygen atoms in total. The highest BCUT2D eigenvalue weighted by atomic mass is 19.4. The van der Waals surface area contributed by atoms with Crippen LogP contribution in [0.3, 0.4) is 0 Å². The van der Waals surface area contributed by atoms with Gasteiger partial charge in [0.25, 0.3) is 5.91 Å². The number of para-hydroxylation sites is 1. The van der Waals surface area contributed by atoms with Gasteiger partial charge in [-0.05, 0) is 36.2 Å². The summed E-state index contributed by atoms with van der Waals surface area (Å²) in [5, 5.41) is 12.0. The molecule has 11 heteroatoms. The number of carbonyl (C=O) groups is 2. The van der Waals surface area contributed by atoms with Gasteiger partial charge < -0.3 is 18.9 Å². The summed E-state index contributed by atoms with van der Waals surface area (Å²) in [6.07, 6.45) is -0.845. The second-order valence-corrected chi connectivity index (χ2v) is 6.86. The molecule has 0 spiro atoms. The number of aliphatic carboxylic acids is 1. The number of likely N-dealkylation sites (N-methyl/N-ethyl adjacent to an activating group) is 1. The first-order valence-corrected chi connectivity index (χ1v) is 9.55. The Morgan fingerprint density at radius 2 is 1.73 bits per heavy atom. The number of rotatable bonds is 5. The number of halogens is 3. The summed E-state index contributed by atoms with van der Waals surface area (Å²) in [4.78, 5) is 27.1. The van der Waals surface area contributed by atoms with E-state index in [2.05, 4.69) is 10.1 Å². The number of hydrogen-bond acceptors (Lipinski definition) is 6. The maximum Gasteiger partial charge on any atom is 0.490 e. The third-order valence-corrected chi connectivity index (χ3v) is 4.47. The van der Waals surface area contributed by atoms with E-state index < -0.39 is 12.1 Å². The quantitative estimate of drug-likeness (QED) is 0.468. The number of carbonyl (C=O) groups excluding carboxylic acids is 1. The molecular weight excluding hydrogens is 443 g/mol. The Kier molecular flexibility index (Phi) is 7.11. The van der Waals surface area contributed by atoms with Crippen molar-refractivity contribution < 1.29 is 36.8 Å². The number of alkyl halides is 3. The number of hydrogen-bond donors (Lipinski definition) is 1. The van der Waals surface area contributed by atoms with Crippen LogP contribution in [0.5, 0.6) is 0 Å². The summed E-state index contributed by atoms with van der Waals surface area (Å²) < 4.78 is 42.8. The molecule has 3 aromatic heterocycles. The van der Waals surface area contributed by atoms with Gasteiger partial charge in [-0.15, -0.1) is 0 Å². The highest BCUT2D eigenvalue weighted by molar-refractivity contribution is 5.93. The van der Waals surface area contributed by atoms with Gasteiger partial charge in [0.15, 0.2) is 11.5 Å². The third-order valence-electron chi connectivity index (χ3n) is 4.47. The second-order valence-electron chi connectivity index (χ2n) is 6.86. The monoisotopic (exact) mass is 461 g/mol. The van der Waals surface area contributed by atoms with E-state index in [-0.39, 0.29) is 11.6 Å². The van der Waals surface area contributed by atoms with Crippen molar-refractivity contribution in [3.8, 4) is 11.5 Å². The predicted molar refractivity (Wildman–Crippen MR) is 110 cm³/mol. The van der Waals surface area contributed by atoms with Crippen LogP contribution in [0.1, 0.15) is 16.1 Å². The molecule has 3 heterocycles. The molecule has 0 aliphatic heterocycles. The van der Waals surface area contributed by atoms with Crippen LogP contribution < -0.4 is 0 Å². The van der Waals surface area contributed by atoms with Gasteiger partial charge in [0.1, 0.15) is 5.58 Å². The van der Waals surface area contributed by atoms with Crippen LogP contribution in [-0.4, -0.2) is 51.8 Å². The van der Waals surface area contributed by atoms with Crippen LogP contribution in [0.15, 0.2) is 69.9 Å². The Balaban J connectivity index is 0.000000383. The lowest BCUT2D eigenvalue weighted by Crippen LogP contribution is -2.29. The van der Waals surface area contributed by atoms with E-state index >= 15 is 0 Å². The van der Waals surface area contributed by atoms with Gasteiger partial charge in [0.05, 0.1) is 0 Å². The van der Waals surface area contributed by atoms with Gasteiger partial charge in [0, 0.05) is 37.4 Å². The lowest BCUT2D eigenvalue weighted by atomic mass is 10.2. The molecule has 172 valence electrons. The van der Waals surface area contributed by atoms with Gasteiger partial charge in [-0.25, -0.2) is 4.79 Å². The van der Waals surface area contributed by atoms with Crippen LogP contribution in [0.2, 0.25) is 0 Å². The number of nitrogens with zero attached hydrogens (tertiary/aromatic N) is 3. The molecule has 33 heavy (non-hydrogen) atoms. The minimum atomic E-state index is -5.08. The van der Waals surface area contributed by atoms with Crippen LogP contribution >= 0.6 is 0 Å². The van der Waals surface area contributed by atoms with Crippen molar-refractivity contribution in [3.05, 3.63) is 72.2 Å². The van der Waals surface area contributed by atoms with Gasteiger partial charge in [-0.3, -0.25) is 9.78 Å². The van der Waals surface area contributed by atoms with Crippen LogP contribution in [-0.2, 0) is 11.2 Å². The molecule has 0 aliphatic rings. The summed E-state index contributed by atoms with van der Waals surface area (Å²) >= 11 is 0. The van der Waals surface area contributed by atoms with Crippen molar-refractivity contribution in [1.82, 2.24) is 15.0 Å². The Morgan fingerprint density at radius 1 is 1.06 bits per heavy atom.